The number of rotatable bonds is 5. The molecule has 2 aromatic heterocycles. The number of benzene rings is 1. The van der Waals surface area contributed by atoms with Crippen LogP contribution in [0.1, 0.15) is 39.3 Å². The Bertz CT molecular complexity index is 988. The first-order valence-corrected chi connectivity index (χ1v) is 9.04. The summed E-state index contributed by atoms with van der Waals surface area (Å²) in [4.78, 5) is 21.4. The van der Waals surface area contributed by atoms with E-state index >= 15 is 0 Å². The van der Waals surface area contributed by atoms with Crippen molar-refractivity contribution >= 4 is 17.0 Å². The number of nitrogens with one attached hydrogen (secondary N) is 1. The van der Waals surface area contributed by atoms with E-state index in [4.69, 9.17) is 4.74 Å². The van der Waals surface area contributed by atoms with Crippen LogP contribution in [0.15, 0.2) is 47.4 Å². The van der Waals surface area contributed by atoms with Crippen molar-refractivity contribution in [1.82, 2.24) is 14.5 Å². The van der Waals surface area contributed by atoms with Gasteiger partial charge in [-0.3, -0.25) is 9.36 Å². The van der Waals surface area contributed by atoms with Crippen molar-refractivity contribution < 1.29 is 4.74 Å². The number of pyridine rings is 1. The molecule has 0 bridgehead atoms. The van der Waals surface area contributed by atoms with Gasteiger partial charge in [-0.25, -0.2) is 4.98 Å². The fourth-order valence-corrected chi connectivity index (χ4v) is 2.94. The number of ether oxygens (including phenoxy) is 1. The zero-order chi connectivity index (χ0) is 19.6. The first kappa shape index (κ1) is 18.9. The summed E-state index contributed by atoms with van der Waals surface area (Å²) in [5.41, 5.74) is 1.66. The Labute approximate surface area is 159 Å². The molecule has 6 heteroatoms. The standard InChI is InChI=1S/C21H26N4O2/c1-14(15-6-9-17(27-5)10-7-15)23-20-22-12-16-8-11-18(26)25(19(16)24-20)13-21(2,3)4/h6-12,14H,13H2,1-5H3,(H,22,23,24). The summed E-state index contributed by atoms with van der Waals surface area (Å²) in [7, 11) is 1.65. The molecule has 0 aliphatic rings. The topological polar surface area (TPSA) is 69.0 Å². The largest absolute Gasteiger partial charge is 0.497 e. The number of hydrogen-bond donors (Lipinski definition) is 1. The van der Waals surface area contributed by atoms with Gasteiger partial charge < -0.3 is 10.1 Å². The summed E-state index contributed by atoms with van der Waals surface area (Å²) in [6.45, 7) is 8.94. The molecule has 0 aliphatic carbocycles. The summed E-state index contributed by atoms with van der Waals surface area (Å²) < 4.78 is 6.92. The molecule has 2 heterocycles. The maximum atomic E-state index is 12.4. The van der Waals surface area contributed by atoms with Crippen LogP contribution in [0.4, 0.5) is 5.95 Å². The lowest BCUT2D eigenvalue weighted by Crippen LogP contribution is -2.27. The highest BCUT2D eigenvalue weighted by atomic mass is 16.5. The summed E-state index contributed by atoms with van der Waals surface area (Å²) in [5.74, 6) is 1.32. The van der Waals surface area contributed by atoms with Crippen LogP contribution in [-0.2, 0) is 6.54 Å². The van der Waals surface area contributed by atoms with E-state index < -0.39 is 0 Å². The maximum absolute atomic E-state index is 12.4. The van der Waals surface area contributed by atoms with Crippen LogP contribution in [-0.4, -0.2) is 21.6 Å². The molecular weight excluding hydrogens is 340 g/mol. The van der Waals surface area contributed by atoms with Crippen LogP contribution in [0.2, 0.25) is 0 Å². The molecule has 27 heavy (non-hydrogen) atoms. The van der Waals surface area contributed by atoms with Crippen molar-refractivity contribution in [3.63, 3.8) is 0 Å². The summed E-state index contributed by atoms with van der Waals surface area (Å²) >= 11 is 0. The smallest absolute Gasteiger partial charge is 0.252 e. The van der Waals surface area contributed by atoms with Crippen molar-refractivity contribution in [2.24, 2.45) is 5.41 Å². The third-order valence-corrected chi connectivity index (χ3v) is 4.32. The molecule has 0 fully saturated rings. The summed E-state index contributed by atoms with van der Waals surface area (Å²) in [5, 5.41) is 4.17. The van der Waals surface area contributed by atoms with Crippen LogP contribution < -0.4 is 15.6 Å². The fourth-order valence-electron chi connectivity index (χ4n) is 2.94. The second kappa shape index (κ2) is 7.39. The third kappa shape index (κ3) is 4.45. The van der Waals surface area contributed by atoms with Crippen LogP contribution >= 0.6 is 0 Å². The minimum Gasteiger partial charge on any atom is -0.497 e. The van der Waals surface area contributed by atoms with Crippen LogP contribution in [0.25, 0.3) is 11.0 Å². The van der Waals surface area contributed by atoms with Gasteiger partial charge in [0.1, 0.15) is 11.4 Å². The predicted octanol–water partition coefficient (Wildman–Crippen LogP) is 4.02. The van der Waals surface area contributed by atoms with Gasteiger partial charge in [0.2, 0.25) is 5.95 Å². The molecule has 0 amide bonds. The minimum absolute atomic E-state index is 0.0138. The van der Waals surface area contributed by atoms with Gasteiger partial charge in [0.05, 0.1) is 13.2 Å². The third-order valence-electron chi connectivity index (χ3n) is 4.32. The lowest BCUT2D eigenvalue weighted by Gasteiger charge is -2.21. The van der Waals surface area contributed by atoms with Gasteiger partial charge in [-0.1, -0.05) is 32.9 Å². The predicted molar refractivity (Wildman–Crippen MR) is 108 cm³/mol. The molecule has 142 valence electrons. The van der Waals surface area contributed by atoms with Gasteiger partial charge in [-0.2, -0.15) is 4.98 Å². The Hall–Kier alpha value is -2.89. The molecule has 1 N–H and O–H groups in total. The average Bonchev–Trinajstić information content (AvgIpc) is 2.63. The zero-order valence-corrected chi connectivity index (χ0v) is 16.5. The molecule has 1 atom stereocenters. The first-order valence-electron chi connectivity index (χ1n) is 9.04. The van der Waals surface area contributed by atoms with Gasteiger partial charge >= 0.3 is 0 Å². The molecule has 3 aromatic rings. The Balaban J connectivity index is 1.93. The SMILES string of the molecule is COc1ccc(C(C)Nc2ncc3ccc(=O)n(CC(C)(C)C)c3n2)cc1. The van der Waals surface area contributed by atoms with Crippen molar-refractivity contribution in [2.75, 3.05) is 12.4 Å². The van der Waals surface area contributed by atoms with E-state index in [9.17, 15) is 4.79 Å². The second-order valence-corrected chi connectivity index (χ2v) is 7.93. The summed E-state index contributed by atoms with van der Waals surface area (Å²) in [6, 6.07) is 11.2. The van der Waals surface area contributed by atoms with Crippen molar-refractivity contribution in [2.45, 2.75) is 40.3 Å². The highest BCUT2D eigenvalue weighted by Crippen LogP contribution is 2.22. The molecule has 0 aliphatic heterocycles. The highest BCUT2D eigenvalue weighted by Gasteiger charge is 2.16. The Morgan fingerprint density at radius 1 is 1.15 bits per heavy atom. The van der Waals surface area contributed by atoms with E-state index in [0.29, 0.717) is 18.1 Å². The molecule has 0 saturated carbocycles. The van der Waals surface area contributed by atoms with Crippen LogP contribution in [0, 0.1) is 5.41 Å². The molecule has 0 radical (unpaired) electrons. The van der Waals surface area contributed by atoms with E-state index in [1.807, 2.05) is 31.2 Å². The molecule has 0 saturated heterocycles. The Morgan fingerprint density at radius 2 is 1.85 bits per heavy atom. The lowest BCUT2D eigenvalue weighted by atomic mass is 9.97. The normalized spacial score (nSPS) is 12.8. The summed E-state index contributed by atoms with van der Waals surface area (Å²) in [6.07, 6.45) is 1.75. The van der Waals surface area contributed by atoms with Crippen LogP contribution in [0.5, 0.6) is 5.75 Å². The van der Waals surface area contributed by atoms with Crippen molar-refractivity contribution in [3.05, 3.63) is 58.5 Å². The molecule has 1 unspecified atom stereocenters. The van der Waals surface area contributed by atoms with Crippen molar-refractivity contribution in [1.29, 1.82) is 0 Å². The zero-order valence-electron chi connectivity index (χ0n) is 16.5. The van der Waals surface area contributed by atoms with Crippen LogP contribution in [0.3, 0.4) is 0 Å². The fraction of sp³-hybridized carbons (Fsp3) is 0.381. The molecule has 1 aromatic carbocycles. The first-order chi connectivity index (χ1) is 12.8. The van der Waals surface area contributed by atoms with Gasteiger partial charge in [-0.05, 0) is 36.1 Å². The van der Waals surface area contributed by atoms with E-state index in [0.717, 1.165) is 16.7 Å². The molecule has 3 rings (SSSR count). The number of aromatic nitrogens is 3. The van der Waals surface area contributed by atoms with E-state index in [2.05, 4.69) is 36.1 Å². The quantitative estimate of drug-likeness (QED) is 0.739. The van der Waals surface area contributed by atoms with E-state index in [-0.39, 0.29) is 17.0 Å². The van der Waals surface area contributed by atoms with E-state index in [1.54, 1.807) is 30.0 Å². The number of anilines is 1. The van der Waals surface area contributed by atoms with Gasteiger partial charge in [0.15, 0.2) is 0 Å². The maximum Gasteiger partial charge on any atom is 0.252 e. The van der Waals surface area contributed by atoms with E-state index in [1.165, 1.54) is 0 Å². The minimum atomic E-state index is -0.0507. The number of fused-ring (bicyclic) bond motifs is 1. The molecule has 6 nitrogen and oxygen atoms in total. The highest BCUT2D eigenvalue weighted by molar-refractivity contribution is 5.75. The molecule has 0 spiro atoms. The Kier molecular flexibility index (Phi) is 5.17. The number of nitrogens with zero attached hydrogens (tertiary/aromatic N) is 3. The lowest BCUT2D eigenvalue weighted by molar-refractivity contribution is 0.343. The van der Waals surface area contributed by atoms with Gasteiger partial charge in [0, 0.05) is 24.2 Å². The number of methoxy groups -OCH3 is 1. The van der Waals surface area contributed by atoms with Crippen molar-refractivity contribution in [3.8, 4) is 5.75 Å². The average molecular weight is 366 g/mol. The number of hydrogen-bond acceptors (Lipinski definition) is 5. The molecular formula is C21H26N4O2. The van der Waals surface area contributed by atoms with Gasteiger partial charge in [0.25, 0.3) is 5.56 Å². The Morgan fingerprint density at radius 3 is 2.48 bits per heavy atom. The van der Waals surface area contributed by atoms with Gasteiger partial charge in [-0.15, -0.1) is 0 Å². The monoisotopic (exact) mass is 366 g/mol. The second-order valence-electron chi connectivity index (χ2n) is 7.93.